The van der Waals surface area contributed by atoms with Crippen molar-refractivity contribution in [1.82, 2.24) is 0 Å². The van der Waals surface area contributed by atoms with Gasteiger partial charge in [-0.2, -0.15) is 0 Å². The van der Waals surface area contributed by atoms with E-state index in [4.69, 9.17) is 0 Å². The first-order valence-electron chi connectivity index (χ1n) is 9.04. The van der Waals surface area contributed by atoms with E-state index in [9.17, 15) is 13.2 Å². The van der Waals surface area contributed by atoms with Crippen molar-refractivity contribution in [2.75, 3.05) is 16.2 Å². The third-order valence-corrected chi connectivity index (χ3v) is 6.66. The van der Waals surface area contributed by atoms with E-state index in [0.717, 1.165) is 16.8 Å². The van der Waals surface area contributed by atoms with Gasteiger partial charge in [-0.1, -0.05) is 35.9 Å². The van der Waals surface area contributed by atoms with E-state index in [1.165, 1.54) is 4.31 Å². The molecule has 1 aliphatic rings. The molecule has 0 unspecified atom stereocenters. The molecule has 1 heterocycles. The van der Waals surface area contributed by atoms with Crippen molar-refractivity contribution in [3.63, 3.8) is 0 Å². The number of carbonyl (C=O) groups excluding carboxylic acids is 1. The van der Waals surface area contributed by atoms with Crippen molar-refractivity contribution in [3.05, 3.63) is 89.5 Å². The van der Waals surface area contributed by atoms with Gasteiger partial charge in [0.15, 0.2) is 0 Å². The number of aryl methyl sites for hydroxylation is 1. The largest absolute Gasteiger partial charge is 0.322 e. The first-order chi connectivity index (χ1) is 13.4. The van der Waals surface area contributed by atoms with Gasteiger partial charge in [-0.3, -0.25) is 9.10 Å². The Balaban J connectivity index is 1.60. The van der Waals surface area contributed by atoms with Gasteiger partial charge in [0.2, 0.25) is 0 Å². The Labute approximate surface area is 164 Å². The highest BCUT2D eigenvalue weighted by Gasteiger charge is 2.31. The zero-order valence-corrected chi connectivity index (χ0v) is 16.2. The van der Waals surface area contributed by atoms with Crippen LogP contribution in [-0.4, -0.2) is 20.9 Å². The fourth-order valence-corrected chi connectivity index (χ4v) is 4.83. The topological polar surface area (TPSA) is 66.5 Å². The highest BCUT2D eigenvalue weighted by molar-refractivity contribution is 7.92. The van der Waals surface area contributed by atoms with Crippen LogP contribution in [0.25, 0.3) is 0 Å². The van der Waals surface area contributed by atoms with E-state index in [2.05, 4.69) is 5.32 Å². The summed E-state index contributed by atoms with van der Waals surface area (Å²) in [7, 11) is -3.62. The number of carbonyl (C=O) groups is 1. The van der Waals surface area contributed by atoms with Gasteiger partial charge >= 0.3 is 0 Å². The Morgan fingerprint density at radius 2 is 1.68 bits per heavy atom. The maximum atomic E-state index is 13.0. The maximum Gasteiger partial charge on any atom is 0.264 e. The number of hydrogen-bond acceptors (Lipinski definition) is 3. The summed E-state index contributed by atoms with van der Waals surface area (Å²) >= 11 is 0. The van der Waals surface area contributed by atoms with E-state index in [-0.39, 0.29) is 10.8 Å². The summed E-state index contributed by atoms with van der Waals surface area (Å²) in [5.74, 6) is -0.214. The molecule has 0 bridgehead atoms. The molecule has 0 fully saturated rings. The van der Waals surface area contributed by atoms with Crippen LogP contribution in [0, 0.1) is 6.92 Å². The molecular formula is C22H20N2O3S. The Bertz CT molecular complexity index is 1120. The number of nitrogens with zero attached hydrogens (tertiary/aromatic N) is 1. The average Bonchev–Trinajstić information content (AvgIpc) is 3.13. The second-order valence-electron chi connectivity index (χ2n) is 6.80. The number of amides is 1. The molecule has 3 aromatic rings. The molecule has 4 rings (SSSR count). The minimum Gasteiger partial charge on any atom is -0.322 e. The Kier molecular flexibility index (Phi) is 4.65. The van der Waals surface area contributed by atoms with E-state index in [1.54, 1.807) is 42.5 Å². The summed E-state index contributed by atoms with van der Waals surface area (Å²) in [6.07, 6.45) is 0.576. The van der Waals surface area contributed by atoms with E-state index in [0.29, 0.717) is 24.2 Å². The Hall–Kier alpha value is -3.12. The van der Waals surface area contributed by atoms with Crippen LogP contribution in [0.5, 0.6) is 0 Å². The van der Waals surface area contributed by atoms with Crippen molar-refractivity contribution < 1.29 is 13.2 Å². The number of anilines is 2. The predicted octanol–water partition coefficient (Wildman–Crippen LogP) is 4.00. The molecule has 0 radical (unpaired) electrons. The molecule has 1 N–H and O–H groups in total. The molecule has 5 nitrogen and oxygen atoms in total. The number of benzene rings is 3. The lowest BCUT2D eigenvalue weighted by atomic mass is 10.1. The smallest absolute Gasteiger partial charge is 0.264 e. The van der Waals surface area contributed by atoms with Crippen LogP contribution < -0.4 is 9.62 Å². The summed E-state index contributed by atoms with van der Waals surface area (Å²) in [5, 5.41) is 2.85. The van der Waals surface area contributed by atoms with Gasteiger partial charge in [-0.05, 0) is 61.4 Å². The van der Waals surface area contributed by atoms with Crippen LogP contribution in [0.3, 0.4) is 0 Å². The summed E-state index contributed by atoms with van der Waals surface area (Å²) in [4.78, 5) is 12.8. The van der Waals surface area contributed by atoms with Crippen LogP contribution in [0.15, 0.2) is 77.7 Å². The molecule has 0 aliphatic carbocycles. The van der Waals surface area contributed by atoms with E-state index >= 15 is 0 Å². The molecule has 28 heavy (non-hydrogen) atoms. The molecule has 3 aromatic carbocycles. The Morgan fingerprint density at radius 1 is 0.964 bits per heavy atom. The molecule has 0 atom stereocenters. The van der Waals surface area contributed by atoms with Crippen molar-refractivity contribution in [3.8, 4) is 0 Å². The molecule has 0 saturated carbocycles. The van der Waals surface area contributed by atoms with Crippen molar-refractivity contribution in [2.24, 2.45) is 0 Å². The van der Waals surface area contributed by atoms with Crippen molar-refractivity contribution in [2.45, 2.75) is 18.2 Å². The number of sulfonamides is 1. The fraction of sp³-hybridized carbons (Fsp3) is 0.136. The number of hydrogen-bond donors (Lipinski definition) is 1. The zero-order chi connectivity index (χ0) is 19.7. The minimum atomic E-state index is -3.62. The first kappa shape index (κ1) is 18.3. The zero-order valence-electron chi connectivity index (χ0n) is 15.4. The Morgan fingerprint density at radius 3 is 2.39 bits per heavy atom. The van der Waals surface area contributed by atoms with E-state index in [1.807, 2.05) is 37.3 Å². The van der Waals surface area contributed by atoms with Gasteiger partial charge in [0.25, 0.3) is 15.9 Å². The quantitative estimate of drug-likeness (QED) is 0.730. The van der Waals surface area contributed by atoms with Crippen LogP contribution >= 0.6 is 0 Å². The fourth-order valence-electron chi connectivity index (χ4n) is 3.32. The first-order valence-corrected chi connectivity index (χ1v) is 10.5. The maximum absolute atomic E-state index is 13.0. The number of fused-ring (bicyclic) bond motifs is 1. The monoisotopic (exact) mass is 392 g/mol. The molecule has 0 saturated heterocycles. The van der Waals surface area contributed by atoms with Gasteiger partial charge < -0.3 is 5.32 Å². The summed E-state index contributed by atoms with van der Waals surface area (Å²) < 4.78 is 27.5. The second-order valence-corrected chi connectivity index (χ2v) is 8.67. The molecule has 142 valence electrons. The predicted molar refractivity (Wildman–Crippen MR) is 110 cm³/mol. The summed E-state index contributed by atoms with van der Waals surface area (Å²) in [6.45, 7) is 2.29. The van der Waals surface area contributed by atoms with Crippen LogP contribution in [0.2, 0.25) is 0 Å². The average molecular weight is 392 g/mol. The van der Waals surface area contributed by atoms with E-state index < -0.39 is 10.0 Å². The summed E-state index contributed by atoms with van der Waals surface area (Å²) in [6, 6.07) is 21.2. The highest BCUT2D eigenvalue weighted by Crippen LogP contribution is 2.33. The number of para-hydroxylation sites is 1. The van der Waals surface area contributed by atoms with Crippen molar-refractivity contribution >= 4 is 27.3 Å². The second kappa shape index (κ2) is 7.13. The molecule has 6 heteroatoms. The standard InChI is InChI=1S/C22H20N2O3S/c1-16-7-10-20(11-8-16)28(26,27)24-14-13-17-15-18(9-12-21(17)24)22(25)23-19-5-3-2-4-6-19/h2-12,15H,13-14H2,1H3,(H,23,25). The van der Waals surface area contributed by atoms with Crippen LogP contribution in [0.1, 0.15) is 21.5 Å². The number of rotatable bonds is 4. The van der Waals surface area contributed by atoms with Crippen LogP contribution in [-0.2, 0) is 16.4 Å². The number of nitrogens with one attached hydrogen (secondary N) is 1. The minimum absolute atomic E-state index is 0.214. The SMILES string of the molecule is Cc1ccc(S(=O)(=O)N2CCc3cc(C(=O)Nc4ccccc4)ccc32)cc1. The highest BCUT2D eigenvalue weighted by atomic mass is 32.2. The van der Waals surface area contributed by atoms with Gasteiger partial charge in [-0.25, -0.2) is 8.42 Å². The third kappa shape index (κ3) is 3.39. The molecule has 0 aromatic heterocycles. The van der Waals surface area contributed by atoms with Crippen LogP contribution in [0.4, 0.5) is 11.4 Å². The normalized spacial score (nSPS) is 13.2. The molecule has 1 aliphatic heterocycles. The lowest BCUT2D eigenvalue weighted by Gasteiger charge is -2.20. The molecule has 1 amide bonds. The molecular weight excluding hydrogens is 372 g/mol. The van der Waals surface area contributed by atoms with Crippen molar-refractivity contribution in [1.29, 1.82) is 0 Å². The lowest BCUT2D eigenvalue weighted by molar-refractivity contribution is 0.102. The lowest BCUT2D eigenvalue weighted by Crippen LogP contribution is -2.29. The summed E-state index contributed by atoms with van der Waals surface area (Å²) in [5.41, 5.74) is 3.73. The molecule has 0 spiro atoms. The third-order valence-electron chi connectivity index (χ3n) is 4.84. The van der Waals surface area contributed by atoms with Gasteiger partial charge in [0, 0.05) is 17.8 Å². The van der Waals surface area contributed by atoms with Gasteiger partial charge in [-0.15, -0.1) is 0 Å². The van der Waals surface area contributed by atoms with Gasteiger partial charge in [0.1, 0.15) is 0 Å². The van der Waals surface area contributed by atoms with Gasteiger partial charge in [0.05, 0.1) is 10.6 Å².